The fraction of sp³-hybridized carbons (Fsp3) is 1.00. The van der Waals surface area contributed by atoms with Gasteiger partial charge in [0.1, 0.15) is 0 Å². The maximum absolute atomic E-state index is 12.3. The highest BCUT2D eigenvalue weighted by atomic mass is 35.5. The molecule has 0 spiro atoms. The molecule has 0 aliphatic rings. The van der Waals surface area contributed by atoms with Crippen LogP contribution in [0.2, 0.25) is 0 Å². The van der Waals surface area contributed by atoms with Gasteiger partial charge in [0.15, 0.2) is 0 Å². The van der Waals surface area contributed by atoms with Crippen LogP contribution < -0.4 is 0 Å². The van der Waals surface area contributed by atoms with Gasteiger partial charge in [-0.2, -0.15) is 35.1 Å². The van der Waals surface area contributed by atoms with Crippen LogP contribution in [0.3, 0.4) is 0 Å². The monoisotopic (exact) mass is 252 g/mol. The summed E-state index contributed by atoms with van der Waals surface area (Å²) in [6.07, 6.45) is -6.38. The average Bonchev–Trinajstić information content (AvgIpc) is 1.79. The molecule has 0 radical (unpaired) electrons. The Morgan fingerprint density at radius 2 is 1.29 bits per heavy atom. The highest BCUT2D eigenvalue weighted by molar-refractivity contribution is 6.22. The minimum Gasteiger partial charge on any atom is -0.271 e. The molecular weight excluding hydrogens is 251 g/mol. The van der Waals surface area contributed by atoms with Crippen molar-refractivity contribution in [1.82, 2.24) is 0 Å². The van der Waals surface area contributed by atoms with Crippen LogP contribution in [0.5, 0.6) is 0 Å². The third-order valence-electron chi connectivity index (χ3n) is 0.981. The second-order valence-corrected chi connectivity index (χ2v) is 2.44. The van der Waals surface area contributed by atoms with Crippen molar-refractivity contribution in [1.29, 1.82) is 0 Å². The summed E-state index contributed by atoms with van der Waals surface area (Å²) in [6.45, 7) is -4.38. The van der Waals surface area contributed by atoms with Crippen molar-refractivity contribution in [3.63, 3.8) is 0 Å². The lowest BCUT2D eigenvalue weighted by atomic mass is 10.3. The first-order valence-electron chi connectivity index (χ1n) is 2.70. The van der Waals surface area contributed by atoms with Crippen molar-refractivity contribution in [2.75, 3.05) is 0 Å². The topological polar surface area (TPSA) is 9.23 Å². The van der Waals surface area contributed by atoms with E-state index >= 15 is 0 Å². The fourth-order valence-corrected chi connectivity index (χ4v) is 0.569. The molecule has 10 heteroatoms. The zero-order valence-electron chi connectivity index (χ0n) is 5.89. The van der Waals surface area contributed by atoms with Crippen LogP contribution in [-0.4, -0.2) is 24.0 Å². The average molecular weight is 252 g/mol. The number of alkyl halides is 9. The van der Waals surface area contributed by atoms with Gasteiger partial charge in [0.05, 0.1) is 0 Å². The number of hydrogen-bond acceptors (Lipinski definition) is 1. The molecule has 86 valence electrons. The summed E-state index contributed by atoms with van der Waals surface area (Å²) in [7, 11) is 0. The van der Waals surface area contributed by atoms with E-state index in [1.807, 2.05) is 0 Å². The molecule has 1 unspecified atom stereocenters. The summed E-state index contributed by atoms with van der Waals surface area (Å²) in [5, 5.41) is -5.65. The van der Waals surface area contributed by atoms with Gasteiger partial charge in [-0.1, -0.05) is 0 Å². The van der Waals surface area contributed by atoms with E-state index in [2.05, 4.69) is 16.3 Å². The molecule has 14 heavy (non-hydrogen) atoms. The molecule has 1 atom stereocenters. The quantitative estimate of drug-likeness (QED) is 0.553. The molecule has 1 nitrogen and oxygen atoms in total. The minimum absolute atomic E-state index is 2.16. The number of halogens is 9. The first-order valence-corrected chi connectivity index (χ1v) is 3.08. The molecule has 0 N–H and O–H groups in total. The first kappa shape index (κ1) is 13.7. The SMILES string of the molecule is FC(F)OC(F)(C(F)(F)F)C(F)(F)Cl. The van der Waals surface area contributed by atoms with Crippen LogP contribution in [0.4, 0.5) is 35.1 Å². The Morgan fingerprint density at radius 3 is 1.36 bits per heavy atom. The van der Waals surface area contributed by atoms with Gasteiger partial charge in [0.25, 0.3) is 0 Å². The van der Waals surface area contributed by atoms with Crippen molar-refractivity contribution in [3.05, 3.63) is 0 Å². The second kappa shape index (κ2) is 3.69. The predicted molar refractivity (Wildman–Crippen MR) is 27.8 cm³/mol. The standard InChI is InChI=1S/C4HClF8O/c5-3(9,10)2(8,4(11,12)13)14-1(6)7/h1H. The minimum atomic E-state index is -6.38. The third kappa shape index (κ3) is 2.59. The number of hydrogen-bond donors (Lipinski definition) is 0. The van der Waals surface area contributed by atoms with Crippen molar-refractivity contribution in [2.45, 2.75) is 24.0 Å². The summed E-state index contributed by atoms with van der Waals surface area (Å²) >= 11 is 3.68. The van der Waals surface area contributed by atoms with Crippen molar-refractivity contribution >= 4 is 11.6 Å². The summed E-state index contributed by atoms with van der Waals surface area (Å²) < 4.78 is 95.3. The molecule has 0 fully saturated rings. The molecule has 0 heterocycles. The van der Waals surface area contributed by atoms with Gasteiger partial charge < -0.3 is 0 Å². The Balaban J connectivity index is 5.07. The zero-order valence-corrected chi connectivity index (χ0v) is 6.64. The third-order valence-corrected chi connectivity index (χ3v) is 1.22. The second-order valence-electron chi connectivity index (χ2n) is 1.97. The summed E-state index contributed by atoms with van der Waals surface area (Å²) in [4.78, 5) is 0. The molecule has 0 aromatic heterocycles. The van der Waals surface area contributed by atoms with Gasteiger partial charge >= 0.3 is 24.0 Å². The molecule has 0 aromatic rings. The number of rotatable bonds is 3. The zero-order chi connectivity index (χ0) is 11.8. The molecule has 0 rings (SSSR count). The van der Waals surface area contributed by atoms with Gasteiger partial charge in [-0.05, 0) is 11.6 Å². The maximum Gasteiger partial charge on any atom is 0.456 e. The van der Waals surface area contributed by atoms with E-state index in [4.69, 9.17) is 0 Å². The van der Waals surface area contributed by atoms with E-state index in [1.54, 1.807) is 0 Å². The van der Waals surface area contributed by atoms with E-state index in [0.29, 0.717) is 0 Å². The molecule has 0 aliphatic carbocycles. The summed E-state index contributed by atoms with van der Waals surface area (Å²) in [6, 6.07) is 0. The lowest BCUT2D eigenvalue weighted by molar-refractivity contribution is -0.415. The summed E-state index contributed by atoms with van der Waals surface area (Å²) in [5.41, 5.74) is 0. The Morgan fingerprint density at radius 1 is 0.929 bits per heavy atom. The van der Waals surface area contributed by atoms with E-state index in [0.717, 1.165) is 0 Å². The van der Waals surface area contributed by atoms with E-state index in [1.165, 1.54) is 0 Å². The molecule has 0 bridgehead atoms. The van der Waals surface area contributed by atoms with Crippen LogP contribution in [-0.2, 0) is 4.74 Å². The van der Waals surface area contributed by atoms with Gasteiger partial charge in [-0.25, -0.2) is 0 Å². The maximum atomic E-state index is 12.3. The van der Waals surface area contributed by atoms with E-state index in [-0.39, 0.29) is 0 Å². The molecule has 0 aromatic carbocycles. The lowest BCUT2D eigenvalue weighted by Gasteiger charge is -2.30. The largest absolute Gasteiger partial charge is 0.456 e. The Labute approximate surface area is 76.6 Å². The Kier molecular flexibility index (Phi) is 3.60. The van der Waals surface area contributed by atoms with Gasteiger partial charge in [-0.3, -0.25) is 4.74 Å². The fourth-order valence-electron chi connectivity index (χ4n) is 0.417. The van der Waals surface area contributed by atoms with Gasteiger partial charge in [0.2, 0.25) is 0 Å². The van der Waals surface area contributed by atoms with Crippen molar-refractivity contribution < 1.29 is 39.9 Å². The first-order chi connectivity index (χ1) is 5.92. The highest BCUT2D eigenvalue weighted by Crippen LogP contribution is 2.48. The van der Waals surface area contributed by atoms with Crippen LogP contribution in [0.25, 0.3) is 0 Å². The predicted octanol–water partition coefficient (Wildman–Crippen LogP) is 3.29. The number of ether oxygens (including phenoxy) is 1. The molecule has 0 saturated carbocycles. The Hall–Kier alpha value is -0.310. The highest BCUT2D eigenvalue weighted by Gasteiger charge is 2.73. The van der Waals surface area contributed by atoms with Crippen molar-refractivity contribution in [2.24, 2.45) is 0 Å². The molecular formula is C4HClF8O. The summed E-state index contributed by atoms with van der Waals surface area (Å²) in [5.74, 6) is -5.92. The van der Waals surface area contributed by atoms with E-state index in [9.17, 15) is 35.1 Å². The van der Waals surface area contributed by atoms with Crippen LogP contribution in [0.1, 0.15) is 0 Å². The lowest BCUT2D eigenvalue weighted by Crippen LogP contribution is -2.55. The Bertz CT molecular complexity index is 180. The van der Waals surface area contributed by atoms with Crippen molar-refractivity contribution in [3.8, 4) is 0 Å². The van der Waals surface area contributed by atoms with Gasteiger partial charge in [0, 0.05) is 0 Å². The van der Waals surface area contributed by atoms with E-state index < -0.39 is 24.0 Å². The van der Waals surface area contributed by atoms with Crippen LogP contribution >= 0.6 is 11.6 Å². The van der Waals surface area contributed by atoms with Crippen LogP contribution in [0.15, 0.2) is 0 Å². The smallest absolute Gasteiger partial charge is 0.271 e. The van der Waals surface area contributed by atoms with Crippen LogP contribution in [0, 0.1) is 0 Å². The molecule has 0 amide bonds. The molecule has 0 aliphatic heterocycles. The molecule has 0 saturated heterocycles. The van der Waals surface area contributed by atoms with Gasteiger partial charge in [-0.15, -0.1) is 0 Å². The normalized spacial score (nSPS) is 18.4.